The van der Waals surface area contributed by atoms with E-state index >= 15 is 0 Å². The predicted molar refractivity (Wildman–Crippen MR) is 110 cm³/mol. The maximum atomic E-state index is 13.0. The van der Waals surface area contributed by atoms with Gasteiger partial charge in [-0.2, -0.15) is 0 Å². The molecule has 1 saturated carbocycles. The summed E-state index contributed by atoms with van der Waals surface area (Å²) in [5.74, 6) is 3.19. The minimum atomic E-state index is 0.236. The average molecular weight is 398 g/mol. The van der Waals surface area contributed by atoms with E-state index in [-0.39, 0.29) is 5.92 Å². The number of carbonyl (C=O) groups excluding carboxylic acids is 1. The molecule has 0 spiro atoms. The summed E-state index contributed by atoms with van der Waals surface area (Å²) in [7, 11) is 0. The number of hydrogen-bond donors (Lipinski definition) is 0. The van der Waals surface area contributed by atoms with Crippen LogP contribution < -0.4 is 14.4 Å². The first-order valence-electron chi connectivity index (χ1n) is 11.4. The Hall–Kier alpha value is -1.95. The number of nitrogens with zero attached hydrogens (tertiary/aromatic N) is 3. The van der Waals surface area contributed by atoms with Crippen molar-refractivity contribution in [1.29, 1.82) is 0 Å². The molecule has 2 atom stereocenters. The quantitative estimate of drug-likeness (QED) is 0.782. The van der Waals surface area contributed by atoms with Gasteiger partial charge in [-0.15, -0.1) is 0 Å². The van der Waals surface area contributed by atoms with Crippen LogP contribution in [0, 0.1) is 11.8 Å². The Morgan fingerprint density at radius 1 is 0.897 bits per heavy atom. The van der Waals surface area contributed by atoms with Crippen molar-refractivity contribution in [3.05, 3.63) is 18.2 Å². The second-order valence-electron chi connectivity index (χ2n) is 9.57. The van der Waals surface area contributed by atoms with Crippen molar-refractivity contribution in [2.24, 2.45) is 11.8 Å². The lowest BCUT2D eigenvalue weighted by Crippen LogP contribution is -2.49. The summed E-state index contributed by atoms with van der Waals surface area (Å²) in [5.41, 5.74) is 1.23. The highest BCUT2D eigenvalue weighted by Crippen LogP contribution is 2.38. The summed E-state index contributed by atoms with van der Waals surface area (Å²) < 4.78 is 11.0. The fourth-order valence-corrected chi connectivity index (χ4v) is 5.76. The first-order valence-corrected chi connectivity index (χ1v) is 11.4. The van der Waals surface area contributed by atoms with Crippen molar-refractivity contribution in [1.82, 2.24) is 9.80 Å². The molecule has 29 heavy (non-hydrogen) atoms. The third kappa shape index (κ3) is 3.35. The standard InChI is InChI=1S/C23H31N3O3/c27-23-17-3-4-20(26(23)12-16-1-2-16)14-25(13-17)18-7-9-24(10-8-18)19-5-6-21-22(11-19)29-15-28-21/h5-6,11,16-18,20H,1-4,7-10,12-15H2/t17-,20+/m0/s1. The molecule has 6 nitrogen and oxygen atoms in total. The van der Waals surface area contributed by atoms with Crippen molar-refractivity contribution in [3.63, 3.8) is 0 Å². The molecule has 1 amide bonds. The maximum absolute atomic E-state index is 13.0. The second kappa shape index (κ2) is 7.08. The van der Waals surface area contributed by atoms with Crippen LogP contribution in [0.2, 0.25) is 0 Å². The van der Waals surface area contributed by atoms with Crippen LogP contribution in [-0.4, -0.2) is 67.3 Å². The smallest absolute Gasteiger partial charge is 0.231 e. The fourth-order valence-electron chi connectivity index (χ4n) is 5.76. The van der Waals surface area contributed by atoms with Crippen molar-refractivity contribution < 1.29 is 14.3 Å². The molecule has 6 heteroatoms. The van der Waals surface area contributed by atoms with Gasteiger partial charge in [0.15, 0.2) is 11.5 Å². The number of carbonyl (C=O) groups is 1. The van der Waals surface area contributed by atoms with Crippen molar-refractivity contribution in [3.8, 4) is 11.5 Å². The molecule has 5 aliphatic heterocycles. The summed E-state index contributed by atoms with van der Waals surface area (Å²) in [4.78, 5) is 20.4. The van der Waals surface area contributed by atoms with Crippen LogP contribution in [0.5, 0.6) is 11.5 Å². The normalized spacial score (nSPS) is 30.1. The molecular formula is C23H31N3O3. The van der Waals surface area contributed by atoms with Crippen LogP contribution in [0.1, 0.15) is 38.5 Å². The molecule has 1 aromatic carbocycles. The molecule has 1 aliphatic carbocycles. The summed E-state index contributed by atoms with van der Waals surface area (Å²) in [6.45, 7) is 5.55. The van der Waals surface area contributed by atoms with E-state index in [0.717, 1.165) is 56.6 Å². The molecule has 0 unspecified atom stereocenters. The van der Waals surface area contributed by atoms with Gasteiger partial charge in [0.05, 0.1) is 5.92 Å². The highest BCUT2D eigenvalue weighted by molar-refractivity contribution is 5.80. The van der Waals surface area contributed by atoms with Gasteiger partial charge in [-0.05, 0) is 56.6 Å². The Morgan fingerprint density at radius 2 is 1.72 bits per heavy atom. The van der Waals surface area contributed by atoms with Crippen LogP contribution in [0.25, 0.3) is 0 Å². The number of piperidine rings is 2. The summed E-state index contributed by atoms with van der Waals surface area (Å²) in [6.07, 6.45) is 7.29. The molecule has 6 aliphatic rings. The number of amides is 1. The van der Waals surface area contributed by atoms with Crippen LogP contribution >= 0.6 is 0 Å². The van der Waals surface area contributed by atoms with E-state index in [9.17, 15) is 4.79 Å². The Labute approximate surface area is 172 Å². The SMILES string of the molecule is O=C1[C@H]2CC[C@H](CN(C3CCN(c4ccc5c(c4)OCO5)CC3)C2)N1CC1CC1. The second-order valence-corrected chi connectivity index (χ2v) is 9.57. The van der Waals surface area contributed by atoms with Crippen molar-refractivity contribution in [2.45, 2.75) is 50.6 Å². The van der Waals surface area contributed by atoms with Gasteiger partial charge in [-0.1, -0.05) is 0 Å². The fraction of sp³-hybridized carbons (Fsp3) is 0.696. The zero-order chi connectivity index (χ0) is 19.4. The Kier molecular flexibility index (Phi) is 4.36. The van der Waals surface area contributed by atoms with Gasteiger partial charge in [0.25, 0.3) is 0 Å². The predicted octanol–water partition coefficient (Wildman–Crippen LogP) is 2.72. The third-order valence-electron chi connectivity index (χ3n) is 7.68. The first kappa shape index (κ1) is 17.9. The number of ether oxygens (including phenoxy) is 2. The summed E-state index contributed by atoms with van der Waals surface area (Å²) in [5, 5.41) is 0. The number of benzene rings is 1. The summed E-state index contributed by atoms with van der Waals surface area (Å²) in [6, 6.07) is 7.35. The molecule has 5 fully saturated rings. The summed E-state index contributed by atoms with van der Waals surface area (Å²) >= 11 is 0. The van der Waals surface area contributed by atoms with Crippen LogP contribution in [0.15, 0.2) is 18.2 Å². The topological polar surface area (TPSA) is 45.3 Å². The Morgan fingerprint density at radius 3 is 2.55 bits per heavy atom. The molecule has 0 N–H and O–H groups in total. The molecular weight excluding hydrogens is 366 g/mol. The highest BCUT2D eigenvalue weighted by atomic mass is 16.7. The van der Waals surface area contributed by atoms with Gasteiger partial charge in [-0.3, -0.25) is 9.69 Å². The molecule has 5 heterocycles. The third-order valence-corrected chi connectivity index (χ3v) is 7.68. The van der Waals surface area contributed by atoms with E-state index in [1.807, 2.05) is 6.07 Å². The number of rotatable bonds is 4. The van der Waals surface area contributed by atoms with E-state index in [4.69, 9.17) is 9.47 Å². The van der Waals surface area contributed by atoms with Crippen LogP contribution in [-0.2, 0) is 4.79 Å². The van der Waals surface area contributed by atoms with Gasteiger partial charge in [0.2, 0.25) is 12.7 Å². The minimum absolute atomic E-state index is 0.236. The number of anilines is 1. The van der Waals surface area contributed by atoms with Gasteiger partial charge >= 0.3 is 0 Å². The first-order chi connectivity index (χ1) is 14.2. The van der Waals surface area contributed by atoms with E-state index in [1.54, 1.807) is 0 Å². The number of fused-ring (bicyclic) bond motifs is 5. The Bertz CT molecular complexity index is 788. The molecule has 7 rings (SSSR count). The Balaban J connectivity index is 1.11. The lowest BCUT2D eigenvalue weighted by molar-refractivity contribution is -0.140. The molecule has 4 saturated heterocycles. The maximum Gasteiger partial charge on any atom is 0.231 e. The van der Waals surface area contributed by atoms with Crippen molar-refractivity contribution in [2.75, 3.05) is 44.4 Å². The zero-order valence-corrected chi connectivity index (χ0v) is 17.1. The molecule has 0 aromatic heterocycles. The molecule has 0 radical (unpaired) electrons. The lowest BCUT2D eigenvalue weighted by atomic mass is 9.93. The van der Waals surface area contributed by atoms with E-state index in [1.165, 1.54) is 37.8 Å². The monoisotopic (exact) mass is 397 g/mol. The largest absolute Gasteiger partial charge is 0.454 e. The van der Waals surface area contributed by atoms with E-state index in [2.05, 4.69) is 26.8 Å². The van der Waals surface area contributed by atoms with E-state index < -0.39 is 0 Å². The molecule has 156 valence electrons. The average Bonchev–Trinajstić information content (AvgIpc) is 3.51. The minimum Gasteiger partial charge on any atom is -0.454 e. The van der Waals surface area contributed by atoms with Gasteiger partial charge in [-0.25, -0.2) is 0 Å². The van der Waals surface area contributed by atoms with Gasteiger partial charge in [0.1, 0.15) is 0 Å². The molecule has 2 bridgehead atoms. The van der Waals surface area contributed by atoms with Crippen LogP contribution in [0.4, 0.5) is 5.69 Å². The van der Waals surface area contributed by atoms with Crippen LogP contribution in [0.3, 0.4) is 0 Å². The van der Waals surface area contributed by atoms with Gasteiger partial charge in [0, 0.05) is 56.6 Å². The lowest BCUT2D eigenvalue weighted by Gasteiger charge is -2.40. The molecule has 1 aromatic rings. The van der Waals surface area contributed by atoms with Gasteiger partial charge < -0.3 is 19.3 Å². The van der Waals surface area contributed by atoms with Crippen molar-refractivity contribution >= 4 is 11.6 Å². The number of hydrogen-bond acceptors (Lipinski definition) is 5. The highest BCUT2D eigenvalue weighted by Gasteiger charge is 2.44. The zero-order valence-electron chi connectivity index (χ0n) is 17.1. The van der Waals surface area contributed by atoms with E-state index in [0.29, 0.717) is 24.8 Å².